The molecule has 2 rings (SSSR count). The van der Waals surface area contributed by atoms with Crippen LogP contribution in [0.4, 0.5) is 0 Å². The summed E-state index contributed by atoms with van der Waals surface area (Å²) in [6.45, 7) is 0. The van der Waals surface area contributed by atoms with Crippen LogP contribution in [-0.4, -0.2) is 16.7 Å². The third kappa shape index (κ3) is 4.52. The van der Waals surface area contributed by atoms with Gasteiger partial charge in [-0.15, -0.1) is 0 Å². The minimum atomic E-state index is -1.17. The van der Waals surface area contributed by atoms with Crippen LogP contribution in [0, 0.1) is 16.0 Å². The van der Waals surface area contributed by atoms with Crippen LogP contribution in [0.15, 0.2) is 42.5 Å². The molecule has 1 unspecified atom stereocenters. The first-order valence-corrected chi connectivity index (χ1v) is 7.58. The lowest BCUT2D eigenvalue weighted by Crippen LogP contribution is -2.29. The zero-order valence-electron chi connectivity index (χ0n) is 12.1. The third-order valence-electron chi connectivity index (χ3n) is 4.03. The van der Waals surface area contributed by atoms with Gasteiger partial charge in [-0.25, -0.2) is 0 Å². The van der Waals surface area contributed by atoms with Crippen LogP contribution in [0.2, 0.25) is 0 Å². The Morgan fingerprint density at radius 3 is 2.52 bits per heavy atom. The average Bonchev–Trinajstić information content (AvgIpc) is 2.52. The number of hydrogen-bond acceptors (Lipinski definition) is 3. The minimum absolute atomic E-state index is 0.178. The maximum absolute atomic E-state index is 12.2. The van der Waals surface area contributed by atoms with E-state index in [1.54, 1.807) is 30.3 Å². The van der Waals surface area contributed by atoms with E-state index in [1.807, 2.05) is 6.08 Å². The van der Waals surface area contributed by atoms with E-state index in [4.69, 9.17) is 0 Å². The van der Waals surface area contributed by atoms with Crippen LogP contribution in [-0.2, 0) is 0 Å². The molecule has 4 nitrogen and oxygen atoms in total. The van der Waals surface area contributed by atoms with E-state index in [2.05, 4.69) is 6.08 Å². The largest absolute Gasteiger partial charge is 0.286 e. The molecule has 0 saturated heterocycles. The van der Waals surface area contributed by atoms with E-state index in [1.165, 1.54) is 19.3 Å². The van der Waals surface area contributed by atoms with E-state index < -0.39 is 16.7 Å². The Morgan fingerprint density at radius 2 is 1.90 bits per heavy atom. The SMILES string of the molecule is O=C(c1ccccc1)C(C/C=C/C1CCCCC1)[N+](=O)[O-]. The second-order valence-electron chi connectivity index (χ2n) is 5.59. The van der Waals surface area contributed by atoms with Crippen LogP contribution in [0.1, 0.15) is 48.9 Å². The van der Waals surface area contributed by atoms with Gasteiger partial charge >= 0.3 is 0 Å². The Kier molecular flexibility index (Phi) is 5.67. The monoisotopic (exact) mass is 287 g/mol. The zero-order valence-corrected chi connectivity index (χ0v) is 12.1. The lowest BCUT2D eigenvalue weighted by atomic mass is 9.88. The predicted molar refractivity (Wildman–Crippen MR) is 81.9 cm³/mol. The first kappa shape index (κ1) is 15.4. The molecule has 1 saturated carbocycles. The second kappa shape index (κ2) is 7.72. The normalized spacial score (nSPS) is 17.7. The van der Waals surface area contributed by atoms with Gasteiger partial charge in [0.1, 0.15) is 0 Å². The van der Waals surface area contributed by atoms with Crippen molar-refractivity contribution in [3.8, 4) is 0 Å². The van der Waals surface area contributed by atoms with Crippen LogP contribution in [0.3, 0.4) is 0 Å². The average molecular weight is 287 g/mol. The Hall–Kier alpha value is -1.97. The van der Waals surface area contributed by atoms with Gasteiger partial charge in [0.15, 0.2) is 0 Å². The summed E-state index contributed by atoms with van der Waals surface area (Å²) in [5.41, 5.74) is 0.408. The molecule has 21 heavy (non-hydrogen) atoms. The van der Waals surface area contributed by atoms with E-state index in [9.17, 15) is 14.9 Å². The van der Waals surface area contributed by atoms with Crippen molar-refractivity contribution in [3.05, 3.63) is 58.2 Å². The summed E-state index contributed by atoms with van der Waals surface area (Å²) in [7, 11) is 0. The molecular weight excluding hydrogens is 266 g/mol. The van der Waals surface area contributed by atoms with Crippen molar-refractivity contribution in [3.63, 3.8) is 0 Å². The highest BCUT2D eigenvalue weighted by Crippen LogP contribution is 2.24. The number of nitro groups is 1. The maximum atomic E-state index is 12.2. The van der Waals surface area contributed by atoms with Gasteiger partial charge in [0.2, 0.25) is 5.78 Å². The van der Waals surface area contributed by atoms with Crippen LogP contribution in [0.25, 0.3) is 0 Å². The maximum Gasteiger partial charge on any atom is 0.278 e. The van der Waals surface area contributed by atoms with Gasteiger partial charge in [0.05, 0.1) is 0 Å². The fourth-order valence-corrected chi connectivity index (χ4v) is 2.81. The van der Waals surface area contributed by atoms with E-state index in [0.717, 1.165) is 12.8 Å². The zero-order chi connectivity index (χ0) is 15.1. The lowest BCUT2D eigenvalue weighted by molar-refractivity contribution is -0.504. The second-order valence-corrected chi connectivity index (χ2v) is 5.59. The lowest BCUT2D eigenvalue weighted by Gasteiger charge is -2.17. The molecule has 0 heterocycles. The summed E-state index contributed by atoms with van der Waals surface area (Å²) in [6.07, 6.45) is 10.1. The summed E-state index contributed by atoms with van der Waals surface area (Å²) in [6, 6.07) is 7.32. The Bertz CT molecular complexity index is 504. The van der Waals surface area contributed by atoms with Gasteiger partial charge < -0.3 is 0 Å². The molecule has 0 aliphatic heterocycles. The summed E-state index contributed by atoms with van der Waals surface area (Å²) >= 11 is 0. The van der Waals surface area contributed by atoms with Crippen molar-refractivity contribution in [1.29, 1.82) is 0 Å². The van der Waals surface area contributed by atoms with Gasteiger partial charge in [-0.05, 0) is 18.8 Å². The number of rotatable bonds is 6. The molecule has 0 bridgehead atoms. The number of nitrogens with zero attached hydrogens (tertiary/aromatic N) is 1. The fraction of sp³-hybridized carbons (Fsp3) is 0.471. The smallest absolute Gasteiger partial charge is 0.278 e. The molecule has 1 atom stereocenters. The summed E-state index contributed by atoms with van der Waals surface area (Å²) in [4.78, 5) is 22.9. The van der Waals surface area contributed by atoms with Crippen molar-refractivity contribution in [2.45, 2.75) is 44.6 Å². The van der Waals surface area contributed by atoms with Crippen molar-refractivity contribution in [2.75, 3.05) is 0 Å². The molecule has 1 aromatic rings. The molecule has 1 aliphatic carbocycles. The van der Waals surface area contributed by atoms with Crippen molar-refractivity contribution in [1.82, 2.24) is 0 Å². The molecule has 1 fully saturated rings. The van der Waals surface area contributed by atoms with E-state index in [-0.39, 0.29) is 6.42 Å². The molecule has 1 aromatic carbocycles. The molecule has 0 radical (unpaired) electrons. The Labute approximate surface area is 125 Å². The van der Waals surface area contributed by atoms with E-state index in [0.29, 0.717) is 11.5 Å². The van der Waals surface area contributed by atoms with Gasteiger partial charge in [0, 0.05) is 16.9 Å². The summed E-state index contributed by atoms with van der Waals surface area (Å²) < 4.78 is 0. The molecule has 0 aromatic heterocycles. The van der Waals surface area contributed by atoms with Gasteiger partial charge in [-0.3, -0.25) is 14.9 Å². The third-order valence-corrected chi connectivity index (χ3v) is 4.03. The van der Waals surface area contributed by atoms with Gasteiger partial charge in [0.25, 0.3) is 6.04 Å². The van der Waals surface area contributed by atoms with Crippen LogP contribution in [0.5, 0.6) is 0 Å². The highest BCUT2D eigenvalue weighted by atomic mass is 16.6. The van der Waals surface area contributed by atoms with E-state index >= 15 is 0 Å². The quantitative estimate of drug-likeness (QED) is 0.343. The molecular formula is C17H21NO3. The topological polar surface area (TPSA) is 60.2 Å². The molecule has 0 N–H and O–H groups in total. The molecule has 1 aliphatic rings. The first-order chi connectivity index (χ1) is 10.2. The predicted octanol–water partition coefficient (Wildman–Crippen LogP) is 4.04. The number of hydrogen-bond donors (Lipinski definition) is 0. The van der Waals surface area contributed by atoms with Crippen molar-refractivity contribution in [2.24, 2.45) is 5.92 Å². The Morgan fingerprint density at radius 1 is 1.24 bits per heavy atom. The summed E-state index contributed by atoms with van der Waals surface area (Å²) in [5, 5.41) is 11.1. The first-order valence-electron chi connectivity index (χ1n) is 7.58. The standard InChI is InChI=1S/C17H21NO3/c19-17(15-11-5-2-6-12-15)16(18(20)21)13-7-10-14-8-3-1-4-9-14/h2,5-7,10-12,14,16H,1,3-4,8-9,13H2/b10-7+. The van der Waals surface area contributed by atoms with Crippen LogP contribution < -0.4 is 0 Å². The molecule has 0 spiro atoms. The highest BCUT2D eigenvalue weighted by molar-refractivity contribution is 5.99. The van der Waals surface area contributed by atoms with Crippen molar-refractivity contribution >= 4 is 5.78 Å². The minimum Gasteiger partial charge on any atom is -0.286 e. The molecule has 112 valence electrons. The number of allylic oxidation sites excluding steroid dienone is 1. The highest BCUT2D eigenvalue weighted by Gasteiger charge is 2.29. The van der Waals surface area contributed by atoms with Crippen LogP contribution >= 0.6 is 0 Å². The number of carbonyl (C=O) groups excluding carboxylic acids is 1. The van der Waals surface area contributed by atoms with Crippen molar-refractivity contribution < 1.29 is 9.72 Å². The number of Topliss-reactive ketones (excluding diaryl/α,β-unsaturated/α-hetero) is 1. The molecule has 0 amide bonds. The fourth-order valence-electron chi connectivity index (χ4n) is 2.81. The van der Waals surface area contributed by atoms with Gasteiger partial charge in [-0.1, -0.05) is 61.7 Å². The number of carbonyl (C=O) groups is 1. The van der Waals surface area contributed by atoms with Gasteiger partial charge in [-0.2, -0.15) is 0 Å². The summed E-state index contributed by atoms with van der Waals surface area (Å²) in [5.74, 6) is 0.117. The Balaban J connectivity index is 1.97. The number of ketones is 1. The molecule has 4 heteroatoms. The number of benzene rings is 1.